The van der Waals surface area contributed by atoms with Crippen molar-refractivity contribution in [1.82, 2.24) is 24.8 Å². The van der Waals surface area contributed by atoms with Crippen LogP contribution in [0.3, 0.4) is 0 Å². The fraction of sp³-hybridized carbons (Fsp3) is 0.452. The van der Waals surface area contributed by atoms with Crippen LogP contribution in [0.15, 0.2) is 54.4 Å². The second-order valence-electron chi connectivity index (χ2n) is 12.0. The Hall–Kier alpha value is -4.03. The lowest BCUT2D eigenvalue weighted by Crippen LogP contribution is -2.39. The van der Waals surface area contributed by atoms with Crippen LogP contribution in [0, 0.1) is 22.7 Å². The molecule has 1 aliphatic rings. The van der Waals surface area contributed by atoms with Gasteiger partial charge >= 0.3 is 0 Å². The maximum absolute atomic E-state index is 13.3. The average Bonchev–Trinajstić information content (AvgIpc) is 3.51. The summed E-state index contributed by atoms with van der Waals surface area (Å²) in [6, 6.07) is 11.5. The number of rotatable bonds is 9. The Morgan fingerprint density at radius 3 is 2.73 bits per heavy atom. The molecule has 0 unspecified atom stereocenters. The van der Waals surface area contributed by atoms with Gasteiger partial charge in [0.05, 0.1) is 22.6 Å². The van der Waals surface area contributed by atoms with Gasteiger partial charge in [-0.05, 0) is 54.0 Å². The Labute approximate surface area is 236 Å². The molecule has 2 aromatic heterocycles. The van der Waals surface area contributed by atoms with E-state index in [9.17, 15) is 14.9 Å². The average molecular weight is 542 g/mol. The van der Waals surface area contributed by atoms with Crippen LogP contribution < -0.4 is 10.6 Å². The van der Waals surface area contributed by atoms with Crippen molar-refractivity contribution in [3.63, 3.8) is 0 Å². The fourth-order valence-electron chi connectivity index (χ4n) is 4.97. The normalized spacial score (nSPS) is 16.0. The Balaban J connectivity index is 1.65. The van der Waals surface area contributed by atoms with E-state index >= 15 is 0 Å². The van der Waals surface area contributed by atoms with Crippen molar-refractivity contribution in [3.8, 4) is 6.07 Å². The first-order chi connectivity index (χ1) is 19.1. The smallest absolute Gasteiger partial charge is 0.264 e. The first-order valence-electron chi connectivity index (χ1n) is 13.9. The van der Waals surface area contributed by atoms with Gasteiger partial charge in [0.15, 0.2) is 0 Å². The summed E-state index contributed by atoms with van der Waals surface area (Å²) < 4.78 is 1.98. The minimum Gasteiger partial charge on any atom is -0.333 e. The highest BCUT2D eigenvalue weighted by Gasteiger charge is 2.32. The van der Waals surface area contributed by atoms with Crippen LogP contribution in [0.5, 0.6) is 0 Å². The number of imidazole rings is 1. The molecule has 9 heteroatoms. The number of likely N-dealkylation sites (tertiary alicyclic amines) is 1. The molecule has 40 heavy (non-hydrogen) atoms. The standard InChI is InChI=1S/C31H39N7O2/c1-21(2)14-24(16-32)29(40)37-13-7-9-25(37)19-38-27-11-10-22(17-34-20-31(3,4)5)15-26(27)35-30(38)36-28(39)23-8-6-12-33-18-23/h6,8,10-12,14-15,18,21,25,34H,7,9,13,17,19-20H2,1-5H3,(H,35,36,39)/t25-/m1/s1. The largest absolute Gasteiger partial charge is 0.333 e. The first kappa shape index (κ1) is 29.0. The molecular weight excluding hydrogens is 502 g/mol. The lowest BCUT2D eigenvalue weighted by molar-refractivity contribution is -0.127. The number of carbonyl (C=O) groups is 2. The molecule has 0 saturated carbocycles. The number of allylic oxidation sites excluding steroid dienone is 1. The number of nitrogens with zero attached hydrogens (tertiary/aromatic N) is 5. The molecule has 2 N–H and O–H groups in total. The van der Waals surface area contributed by atoms with Crippen molar-refractivity contribution in [1.29, 1.82) is 5.26 Å². The van der Waals surface area contributed by atoms with E-state index in [4.69, 9.17) is 4.98 Å². The molecule has 1 fully saturated rings. The second kappa shape index (κ2) is 12.4. The van der Waals surface area contributed by atoms with Gasteiger partial charge in [0.25, 0.3) is 11.8 Å². The van der Waals surface area contributed by atoms with E-state index in [0.29, 0.717) is 31.1 Å². The SMILES string of the molecule is CC(C)C=C(C#N)C(=O)N1CCC[C@@H]1Cn1c(NC(=O)c2cccnc2)nc2cc(CNCC(C)(C)C)ccc21. The third-order valence-corrected chi connectivity index (χ3v) is 6.83. The number of nitrogens with one attached hydrogen (secondary N) is 2. The van der Waals surface area contributed by atoms with E-state index in [1.54, 1.807) is 29.3 Å². The maximum Gasteiger partial charge on any atom is 0.264 e. The van der Waals surface area contributed by atoms with Gasteiger partial charge in [-0.2, -0.15) is 5.26 Å². The minimum absolute atomic E-state index is 0.0959. The molecule has 4 rings (SSSR count). The van der Waals surface area contributed by atoms with Crippen molar-refractivity contribution in [2.24, 2.45) is 11.3 Å². The molecule has 0 spiro atoms. The summed E-state index contributed by atoms with van der Waals surface area (Å²) in [7, 11) is 0. The molecule has 1 aromatic carbocycles. The number of nitriles is 1. The van der Waals surface area contributed by atoms with E-state index in [1.165, 1.54) is 6.20 Å². The van der Waals surface area contributed by atoms with E-state index in [-0.39, 0.29) is 34.8 Å². The molecule has 1 saturated heterocycles. The number of carbonyl (C=O) groups excluding carboxylic acids is 2. The van der Waals surface area contributed by atoms with Crippen LogP contribution in [-0.2, 0) is 17.9 Å². The van der Waals surface area contributed by atoms with Crippen molar-refractivity contribution < 1.29 is 9.59 Å². The Kier molecular flexibility index (Phi) is 9.00. The van der Waals surface area contributed by atoms with Crippen molar-refractivity contribution in [3.05, 3.63) is 65.5 Å². The van der Waals surface area contributed by atoms with Crippen LogP contribution in [0.2, 0.25) is 0 Å². The summed E-state index contributed by atoms with van der Waals surface area (Å²) in [5.41, 5.74) is 3.53. The highest BCUT2D eigenvalue weighted by molar-refractivity contribution is 6.04. The summed E-state index contributed by atoms with van der Waals surface area (Å²) in [4.78, 5) is 37.0. The summed E-state index contributed by atoms with van der Waals surface area (Å²) >= 11 is 0. The Bertz CT molecular complexity index is 1430. The van der Waals surface area contributed by atoms with Gasteiger partial charge in [0, 0.05) is 38.6 Å². The molecule has 1 atom stereocenters. The van der Waals surface area contributed by atoms with Crippen molar-refractivity contribution in [2.75, 3.05) is 18.4 Å². The molecule has 9 nitrogen and oxygen atoms in total. The molecular formula is C31H39N7O2. The summed E-state index contributed by atoms with van der Waals surface area (Å²) in [6.45, 7) is 13.1. The van der Waals surface area contributed by atoms with E-state index < -0.39 is 0 Å². The molecule has 1 aliphatic heterocycles. The Morgan fingerprint density at radius 1 is 1.25 bits per heavy atom. The summed E-state index contributed by atoms with van der Waals surface area (Å²) in [5.74, 6) is -0.0289. The second-order valence-corrected chi connectivity index (χ2v) is 12.0. The topological polar surface area (TPSA) is 116 Å². The predicted octanol–water partition coefficient (Wildman–Crippen LogP) is 4.92. The maximum atomic E-state index is 13.3. The van der Waals surface area contributed by atoms with E-state index in [2.05, 4.69) is 48.5 Å². The number of aromatic nitrogens is 3. The first-order valence-corrected chi connectivity index (χ1v) is 13.9. The molecule has 210 valence electrons. The van der Waals surface area contributed by atoms with Crippen LogP contribution in [0.4, 0.5) is 5.95 Å². The summed E-state index contributed by atoms with van der Waals surface area (Å²) in [5, 5.41) is 16.1. The quantitative estimate of drug-likeness (QED) is 0.294. The number of hydrogen-bond acceptors (Lipinski definition) is 6. The number of hydrogen-bond donors (Lipinski definition) is 2. The predicted molar refractivity (Wildman–Crippen MR) is 156 cm³/mol. The highest BCUT2D eigenvalue weighted by atomic mass is 16.2. The van der Waals surface area contributed by atoms with Crippen LogP contribution >= 0.6 is 0 Å². The lowest BCUT2D eigenvalue weighted by atomic mass is 9.97. The van der Waals surface area contributed by atoms with Gasteiger partial charge in [-0.3, -0.25) is 19.9 Å². The molecule has 0 bridgehead atoms. The molecule has 2 amide bonds. The number of amides is 2. The van der Waals surface area contributed by atoms with Crippen LogP contribution in [-0.4, -0.2) is 50.4 Å². The van der Waals surface area contributed by atoms with Crippen molar-refractivity contribution >= 4 is 28.8 Å². The van der Waals surface area contributed by atoms with Gasteiger partial charge in [0.2, 0.25) is 5.95 Å². The third kappa shape index (κ3) is 7.13. The van der Waals surface area contributed by atoms with Crippen LogP contribution in [0.25, 0.3) is 11.0 Å². The van der Waals surface area contributed by atoms with Gasteiger partial charge in [-0.25, -0.2) is 4.98 Å². The Morgan fingerprint density at radius 2 is 2.05 bits per heavy atom. The van der Waals surface area contributed by atoms with Gasteiger partial charge in [0.1, 0.15) is 11.6 Å². The third-order valence-electron chi connectivity index (χ3n) is 6.83. The van der Waals surface area contributed by atoms with Gasteiger partial charge in [-0.1, -0.05) is 46.8 Å². The van der Waals surface area contributed by atoms with E-state index in [1.807, 2.05) is 30.5 Å². The molecule has 3 heterocycles. The monoisotopic (exact) mass is 541 g/mol. The number of pyridine rings is 1. The fourth-order valence-corrected chi connectivity index (χ4v) is 4.97. The number of benzene rings is 1. The van der Waals surface area contributed by atoms with Crippen molar-refractivity contribution in [2.45, 2.75) is 66.6 Å². The van der Waals surface area contributed by atoms with Gasteiger partial charge in [-0.15, -0.1) is 0 Å². The zero-order valence-corrected chi connectivity index (χ0v) is 24.1. The summed E-state index contributed by atoms with van der Waals surface area (Å²) in [6.07, 6.45) is 6.51. The molecule has 0 aliphatic carbocycles. The molecule has 3 aromatic rings. The number of fused-ring (bicyclic) bond motifs is 1. The molecule has 0 radical (unpaired) electrons. The lowest BCUT2D eigenvalue weighted by Gasteiger charge is -2.26. The van der Waals surface area contributed by atoms with Gasteiger partial charge < -0.3 is 14.8 Å². The highest BCUT2D eigenvalue weighted by Crippen LogP contribution is 2.27. The van der Waals surface area contributed by atoms with E-state index in [0.717, 1.165) is 36.0 Å². The minimum atomic E-state index is -0.303. The number of anilines is 1. The van der Waals surface area contributed by atoms with Crippen LogP contribution in [0.1, 0.15) is 63.4 Å². The zero-order chi connectivity index (χ0) is 28.9. The zero-order valence-electron chi connectivity index (χ0n) is 24.1.